The maximum Gasteiger partial charge on any atom is 0.234 e. The molecule has 2 heterocycles. The predicted molar refractivity (Wildman–Crippen MR) is 98.1 cm³/mol. The number of hydrogen-bond acceptors (Lipinski definition) is 4. The van der Waals surface area contributed by atoms with Crippen LogP contribution in [0, 0.1) is 0 Å². The zero-order chi connectivity index (χ0) is 17.6. The standard InChI is InChI=1S/C20H30N2O3/c1-3-6-15(2)21-20(23)14-22-10-4-7-17(22)16-8-9-18-19(13-16)25-12-5-11-24-18/h8-9,13,15,17H,3-7,10-12,14H2,1-2H3,(H,21,23)/t15-,17-/m1/s1. The van der Waals surface area contributed by atoms with E-state index in [1.165, 1.54) is 5.56 Å². The molecule has 1 N–H and O–H groups in total. The van der Waals surface area contributed by atoms with Crippen molar-refractivity contribution in [3.63, 3.8) is 0 Å². The van der Waals surface area contributed by atoms with Gasteiger partial charge in [-0.3, -0.25) is 9.69 Å². The summed E-state index contributed by atoms with van der Waals surface area (Å²) >= 11 is 0. The van der Waals surface area contributed by atoms with Crippen LogP contribution in [-0.4, -0.2) is 43.2 Å². The Morgan fingerprint density at radius 1 is 1.28 bits per heavy atom. The van der Waals surface area contributed by atoms with Gasteiger partial charge in [0.05, 0.1) is 19.8 Å². The first kappa shape index (κ1) is 18.1. The Labute approximate surface area is 150 Å². The van der Waals surface area contributed by atoms with Gasteiger partial charge in [0, 0.05) is 18.5 Å². The highest BCUT2D eigenvalue weighted by atomic mass is 16.5. The summed E-state index contributed by atoms with van der Waals surface area (Å²) in [5, 5.41) is 3.11. The fourth-order valence-electron chi connectivity index (χ4n) is 3.79. The van der Waals surface area contributed by atoms with Crippen LogP contribution in [0.3, 0.4) is 0 Å². The average Bonchev–Trinajstić information content (AvgIpc) is 2.90. The highest BCUT2D eigenvalue weighted by Gasteiger charge is 2.28. The van der Waals surface area contributed by atoms with Crippen molar-refractivity contribution in [2.45, 2.75) is 58.0 Å². The van der Waals surface area contributed by atoms with Crippen LogP contribution < -0.4 is 14.8 Å². The average molecular weight is 346 g/mol. The molecule has 0 saturated carbocycles. The van der Waals surface area contributed by atoms with Gasteiger partial charge < -0.3 is 14.8 Å². The summed E-state index contributed by atoms with van der Waals surface area (Å²) in [4.78, 5) is 14.6. The molecule has 0 aromatic heterocycles. The number of likely N-dealkylation sites (tertiary alicyclic amines) is 1. The van der Waals surface area contributed by atoms with Crippen molar-refractivity contribution in [2.75, 3.05) is 26.3 Å². The lowest BCUT2D eigenvalue weighted by Crippen LogP contribution is -2.40. The summed E-state index contributed by atoms with van der Waals surface area (Å²) in [6, 6.07) is 6.76. The largest absolute Gasteiger partial charge is 0.490 e. The van der Waals surface area contributed by atoms with E-state index in [0.717, 1.165) is 50.1 Å². The maximum absolute atomic E-state index is 12.3. The van der Waals surface area contributed by atoms with Gasteiger partial charge >= 0.3 is 0 Å². The molecular weight excluding hydrogens is 316 g/mol. The second kappa shape index (κ2) is 8.56. The summed E-state index contributed by atoms with van der Waals surface area (Å²) in [6.45, 7) is 7.05. The number of nitrogens with zero attached hydrogens (tertiary/aromatic N) is 1. The molecule has 5 heteroatoms. The maximum atomic E-state index is 12.3. The molecule has 25 heavy (non-hydrogen) atoms. The number of benzene rings is 1. The first-order chi connectivity index (χ1) is 12.2. The Morgan fingerprint density at radius 3 is 2.88 bits per heavy atom. The molecule has 0 bridgehead atoms. The van der Waals surface area contributed by atoms with Gasteiger partial charge in [0.1, 0.15) is 0 Å². The molecule has 1 saturated heterocycles. The third-order valence-corrected chi connectivity index (χ3v) is 5.00. The van der Waals surface area contributed by atoms with Gasteiger partial charge in [-0.1, -0.05) is 19.4 Å². The number of ether oxygens (including phenoxy) is 2. The van der Waals surface area contributed by atoms with Gasteiger partial charge in [0.25, 0.3) is 0 Å². The van der Waals surface area contributed by atoms with Gasteiger partial charge in [-0.2, -0.15) is 0 Å². The number of carbonyl (C=O) groups excluding carboxylic acids is 1. The lowest BCUT2D eigenvalue weighted by Gasteiger charge is -2.25. The Kier molecular flexibility index (Phi) is 6.19. The molecule has 1 aromatic rings. The van der Waals surface area contributed by atoms with Crippen LogP contribution in [0.2, 0.25) is 0 Å². The van der Waals surface area contributed by atoms with Gasteiger partial charge in [-0.15, -0.1) is 0 Å². The van der Waals surface area contributed by atoms with Crippen molar-refractivity contribution < 1.29 is 14.3 Å². The molecule has 1 fully saturated rings. The number of rotatable bonds is 6. The number of hydrogen-bond donors (Lipinski definition) is 1. The number of fused-ring (bicyclic) bond motifs is 1. The highest BCUT2D eigenvalue weighted by molar-refractivity contribution is 5.78. The molecule has 3 rings (SSSR count). The van der Waals surface area contributed by atoms with Crippen LogP contribution in [0.25, 0.3) is 0 Å². The molecule has 1 aromatic carbocycles. The van der Waals surface area contributed by atoms with E-state index < -0.39 is 0 Å². The van der Waals surface area contributed by atoms with E-state index in [-0.39, 0.29) is 18.0 Å². The van der Waals surface area contributed by atoms with E-state index in [4.69, 9.17) is 9.47 Å². The second-order valence-corrected chi connectivity index (χ2v) is 7.14. The molecule has 0 radical (unpaired) electrons. The summed E-state index contributed by atoms with van der Waals surface area (Å²) in [7, 11) is 0. The normalized spacial score (nSPS) is 21.6. The van der Waals surface area contributed by atoms with Crippen molar-refractivity contribution in [1.82, 2.24) is 10.2 Å². The molecule has 138 valence electrons. The minimum atomic E-state index is 0.127. The highest BCUT2D eigenvalue weighted by Crippen LogP contribution is 2.37. The lowest BCUT2D eigenvalue weighted by atomic mass is 10.0. The van der Waals surface area contributed by atoms with Crippen LogP contribution in [0.4, 0.5) is 0 Å². The molecule has 5 nitrogen and oxygen atoms in total. The van der Waals surface area contributed by atoms with E-state index in [1.54, 1.807) is 0 Å². The monoisotopic (exact) mass is 346 g/mol. The van der Waals surface area contributed by atoms with Crippen LogP contribution in [0.15, 0.2) is 18.2 Å². The molecule has 0 unspecified atom stereocenters. The summed E-state index contributed by atoms with van der Waals surface area (Å²) in [5.74, 6) is 1.79. The minimum Gasteiger partial charge on any atom is -0.490 e. The molecular formula is C20H30N2O3. The van der Waals surface area contributed by atoms with Crippen molar-refractivity contribution in [3.8, 4) is 11.5 Å². The minimum absolute atomic E-state index is 0.127. The third-order valence-electron chi connectivity index (χ3n) is 5.00. The van der Waals surface area contributed by atoms with Gasteiger partial charge in [-0.05, 0) is 50.4 Å². The summed E-state index contributed by atoms with van der Waals surface area (Å²) < 4.78 is 11.5. The zero-order valence-corrected chi connectivity index (χ0v) is 15.4. The Bertz CT molecular complexity index is 590. The molecule has 0 aliphatic carbocycles. The Morgan fingerprint density at radius 2 is 2.08 bits per heavy atom. The van der Waals surface area contributed by atoms with Crippen LogP contribution in [0.1, 0.15) is 57.6 Å². The third kappa shape index (κ3) is 4.66. The molecule has 2 aliphatic rings. The van der Waals surface area contributed by atoms with Crippen molar-refractivity contribution in [3.05, 3.63) is 23.8 Å². The van der Waals surface area contributed by atoms with Crippen molar-refractivity contribution >= 4 is 5.91 Å². The van der Waals surface area contributed by atoms with Crippen LogP contribution in [-0.2, 0) is 4.79 Å². The number of nitrogens with one attached hydrogen (secondary N) is 1. The van der Waals surface area contributed by atoms with Crippen molar-refractivity contribution in [1.29, 1.82) is 0 Å². The first-order valence-corrected chi connectivity index (χ1v) is 9.60. The fraction of sp³-hybridized carbons (Fsp3) is 0.650. The lowest BCUT2D eigenvalue weighted by molar-refractivity contribution is -0.123. The fourth-order valence-corrected chi connectivity index (χ4v) is 3.79. The predicted octanol–water partition coefficient (Wildman–Crippen LogP) is 3.29. The second-order valence-electron chi connectivity index (χ2n) is 7.14. The number of amides is 1. The zero-order valence-electron chi connectivity index (χ0n) is 15.4. The Hall–Kier alpha value is -1.75. The summed E-state index contributed by atoms with van der Waals surface area (Å²) in [5.41, 5.74) is 1.22. The molecule has 1 amide bonds. The first-order valence-electron chi connectivity index (χ1n) is 9.60. The topological polar surface area (TPSA) is 50.8 Å². The summed E-state index contributed by atoms with van der Waals surface area (Å²) in [6.07, 6.45) is 5.23. The quantitative estimate of drug-likeness (QED) is 0.859. The van der Waals surface area contributed by atoms with E-state index in [9.17, 15) is 4.79 Å². The van der Waals surface area contributed by atoms with Crippen LogP contribution >= 0.6 is 0 Å². The SMILES string of the molecule is CCC[C@@H](C)NC(=O)CN1CCC[C@@H]1c1ccc2c(c1)OCCCO2. The molecule has 0 spiro atoms. The van der Waals surface area contributed by atoms with E-state index >= 15 is 0 Å². The van der Waals surface area contributed by atoms with E-state index in [2.05, 4.69) is 36.2 Å². The van der Waals surface area contributed by atoms with E-state index in [0.29, 0.717) is 19.8 Å². The Balaban J connectivity index is 1.65. The van der Waals surface area contributed by atoms with Crippen molar-refractivity contribution in [2.24, 2.45) is 0 Å². The smallest absolute Gasteiger partial charge is 0.234 e. The van der Waals surface area contributed by atoms with Gasteiger partial charge in [0.15, 0.2) is 11.5 Å². The van der Waals surface area contributed by atoms with Gasteiger partial charge in [0.2, 0.25) is 5.91 Å². The van der Waals surface area contributed by atoms with E-state index in [1.807, 2.05) is 6.07 Å². The molecule has 2 atom stereocenters. The van der Waals surface area contributed by atoms with Gasteiger partial charge in [-0.25, -0.2) is 0 Å². The number of carbonyl (C=O) groups is 1. The molecule has 2 aliphatic heterocycles. The van der Waals surface area contributed by atoms with Crippen LogP contribution in [0.5, 0.6) is 11.5 Å².